The molecular formula is C17H14N2O6S. The lowest BCUT2D eigenvalue weighted by atomic mass is 10.0. The van der Waals surface area contributed by atoms with E-state index in [-0.39, 0.29) is 41.5 Å². The van der Waals surface area contributed by atoms with Gasteiger partial charge in [0.1, 0.15) is 23.8 Å². The van der Waals surface area contributed by atoms with Crippen LogP contribution < -0.4 is 0 Å². The Kier molecular flexibility index (Phi) is 4.04. The SMILES string of the molecule is CC1OC1/C=C1/C(=O)N2C(C(=O)OCc3ccc([N+](=O)[O-])cc3)=CS[C@H]12. The number of hydrogen-bond donors (Lipinski definition) is 0. The van der Waals surface area contributed by atoms with Crippen LogP contribution in [0, 0.1) is 10.1 Å². The van der Waals surface area contributed by atoms with Crippen molar-refractivity contribution in [3.63, 3.8) is 0 Å². The van der Waals surface area contributed by atoms with E-state index in [1.54, 1.807) is 5.41 Å². The molecule has 1 aromatic rings. The first-order chi connectivity index (χ1) is 12.5. The smallest absolute Gasteiger partial charge is 0.355 e. The largest absolute Gasteiger partial charge is 0.456 e. The summed E-state index contributed by atoms with van der Waals surface area (Å²) in [4.78, 5) is 36.1. The van der Waals surface area contributed by atoms with E-state index >= 15 is 0 Å². The molecule has 8 nitrogen and oxygen atoms in total. The third kappa shape index (κ3) is 2.89. The van der Waals surface area contributed by atoms with Crippen LogP contribution in [0.15, 0.2) is 47.0 Å². The number of β-lactam (4-membered cyclic amide) rings is 1. The molecule has 9 heteroatoms. The monoisotopic (exact) mass is 374 g/mol. The highest BCUT2D eigenvalue weighted by atomic mass is 32.2. The van der Waals surface area contributed by atoms with Crippen LogP contribution >= 0.6 is 11.8 Å². The summed E-state index contributed by atoms with van der Waals surface area (Å²) in [5.41, 5.74) is 1.46. The molecule has 3 aliphatic rings. The van der Waals surface area contributed by atoms with Gasteiger partial charge in [-0.2, -0.15) is 0 Å². The summed E-state index contributed by atoms with van der Waals surface area (Å²) in [6, 6.07) is 5.75. The zero-order valence-electron chi connectivity index (χ0n) is 13.7. The van der Waals surface area contributed by atoms with Crippen molar-refractivity contribution in [3.05, 3.63) is 62.7 Å². The summed E-state index contributed by atoms with van der Waals surface area (Å²) < 4.78 is 10.5. The molecule has 26 heavy (non-hydrogen) atoms. The highest BCUT2D eigenvalue weighted by molar-refractivity contribution is 8.03. The number of amides is 1. The topological polar surface area (TPSA) is 102 Å². The molecule has 2 unspecified atom stereocenters. The normalized spacial score (nSPS) is 27.7. The van der Waals surface area contributed by atoms with Gasteiger partial charge in [-0.05, 0) is 30.7 Å². The first-order valence-corrected chi connectivity index (χ1v) is 8.87. The van der Waals surface area contributed by atoms with Gasteiger partial charge in [0.2, 0.25) is 0 Å². The Morgan fingerprint density at radius 2 is 2.12 bits per heavy atom. The number of thioether (sulfide) groups is 1. The minimum absolute atomic E-state index is 0.0187. The second-order valence-corrected chi connectivity index (χ2v) is 7.05. The van der Waals surface area contributed by atoms with E-state index in [4.69, 9.17) is 9.47 Å². The molecule has 4 rings (SSSR count). The summed E-state index contributed by atoms with van der Waals surface area (Å²) in [5.74, 6) is -0.803. The van der Waals surface area contributed by atoms with Crippen molar-refractivity contribution in [1.82, 2.24) is 4.90 Å². The van der Waals surface area contributed by atoms with Gasteiger partial charge in [0.25, 0.3) is 11.6 Å². The molecule has 134 valence electrons. The van der Waals surface area contributed by atoms with Gasteiger partial charge in [-0.25, -0.2) is 4.79 Å². The van der Waals surface area contributed by atoms with Crippen LogP contribution in [0.4, 0.5) is 5.69 Å². The lowest BCUT2D eigenvalue weighted by molar-refractivity contribution is -0.384. The molecule has 3 heterocycles. The lowest BCUT2D eigenvalue weighted by Crippen LogP contribution is -2.51. The van der Waals surface area contributed by atoms with Gasteiger partial charge in [0.15, 0.2) is 0 Å². The third-order valence-corrected chi connectivity index (χ3v) is 5.44. The Morgan fingerprint density at radius 1 is 1.42 bits per heavy atom. The molecule has 0 saturated carbocycles. The minimum Gasteiger partial charge on any atom is -0.456 e. The van der Waals surface area contributed by atoms with E-state index < -0.39 is 10.9 Å². The molecule has 0 aliphatic carbocycles. The van der Waals surface area contributed by atoms with Crippen LogP contribution in [0.5, 0.6) is 0 Å². The van der Waals surface area contributed by atoms with Crippen LogP contribution in [0.3, 0.4) is 0 Å². The maximum absolute atomic E-state index is 12.3. The number of ether oxygens (including phenoxy) is 2. The third-order valence-electron chi connectivity index (χ3n) is 4.36. The summed E-state index contributed by atoms with van der Waals surface area (Å²) in [6.45, 7) is 1.91. The Bertz CT molecular complexity index is 863. The van der Waals surface area contributed by atoms with E-state index in [1.807, 2.05) is 13.0 Å². The van der Waals surface area contributed by atoms with E-state index in [9.17, 15) is 19.7 Å². The fourth-order valence-corrected chi connectivity index (χ4v) is 3.90. The van der Waals surface area contributed by atoms with Gasteiger partial charge in [0.05, 0.1) is 11.0 Å². The van der Waals surface area contributed by atoms with Gasteiger partial charge in [-0.3, -0.25) is 19.8 Å². The van der Waals surface area contributed by atoms with E-state index in [0.29, 0.717) is 11.1 Å². The number of nitrogens with zero attached hydrogens (tertiary/aromatic N) is 2. The molecule has 0 N–H and O–H groups in total. The Balaban J connectivity index is 1.35. The molecular weight excluding hydrogens is 360 g/mol. The number of rotatable bonds is 5. The van der Waals surface area contributed by atoms with E-state index in [1.165, 1.54) is 40.9 Å². The van der Waals surface area contributed by atoms with Crippen molar-refractivity contribution in [1.29, 1.82) is 0 Å². The first kappa shape index (κ1) is 16.8. The average molecular weight is 374 g/mol. The second kappa shape index (κ2) is 6.26. The highest BCUT2D eigenvalue weighted by Crippen LogP contribution is 2.45. The van der Waals surface area contributed by atoms with Crippen LogP contribution in [0.25, 0.3) is 0 Å². The Morgan fingerprint density at radius 3 is 2.73 bits per heavy atom. The van der Waals surface area contributed by atoms with Crippen LogP contribution in [-0.4, -0.2) is 39.3 Å². The molecule has 3 aliphatic heterocycles. The number of nitro benzene ring substituents is 1. The molecule has 3 atom stereocenters. The average Bonchev–Trinajstić information content (AvgIpc) is 3.18. The molecule has 0 aromatic heterocycles. The van der Waals surface area contributed by atoms with Gasteiger partial charge in [-0.1, -0.05) is 0 Å². The number of non-ortho nitro benzene ring substituents is 1. The number of hydrogen-bond acceptors (Lipinski definition) is 7. The van der Waals surface area contributed by atoms with Crippen molar-refractivity contribution in [2.45, 2.75) is 31.1 Å². The minimum atomic E-state index is -0.596. The quantitative estimate of drug-likeness (QED) is 0.194. The van der Waals surface area contributed by atoms with Crippen molar-refractivity contribution in [2.24, 2.45) is 0 Å². The molecule has 1 aromatic carbocycles. The summed E-state index contributed by atoms with van der Waals surface area (Å²) in [5, 5.41) is 12.1. The van der Waals surface area contributed by atoms with Gasteiger partial charge >= 0.3 is 5.97 Å². The molecule has 2 saturated heterocycles. The summed E-state index contributed by atoms with van der Waals surface area (Å²) in [7, 11) is 0. The number of epoxide rings is 1. The molecule has 0 spiro atoms. The van der Waals surface area contributed by atoms with E-state index in [0.717, 1.165) is 0 Å². The van der Waals surface area contributed by atoms with Gasteiger partial charge in [0, 0.05) is 23.1 Å². The standard InChI is InChI=1S/C17H14N2O6S/c1-9-14(25-9)6-12-15(20)18-13(8-26-16(12)18)17(21)24-7-10-2-4-11(5-3-10)19(22)23/h2-6,8-9,14,16H,7H2,1H3/b12-6-/t9?,14?,16-/m1/s1. The van der Waals surface area contributed by atoms with Gasteiger partial charge < -0.3 is 9.47 Å². The van der Waals surface area contributed by atoms with Crippen LogP contribution in [0.1, 0.15) is 12.5 Å². The lowest BCUT2D eigenvalue weighted by Gasteiger charge is -2.37. The maximum Gasteiger partial charge on any atom is 0.355 e. The zero-order valence-corrected chi connectivity index (χ0v) is 14.5. The van der Waals surface area contributed by atoms with Crippen molar-refractivity contribution < 1.29 is 24.0 Å². The van der Waals surface area contributed by atoms with Crippen molar-refractivity contribution in [3.8, 4) is 0 Å². The van der Waals surface area contributed by atoms with E-state index in [2.05, 4.69) is 0 Å². The summed E-state index contributed by atoms with van der Waals surface area (Å²) in [6.07, 6.45) is 1.94. The number of carbonyl (C=O) groups excluding carboxylic acids is 2. The number of nitro groups is 1. The summed E-state index contributed by atoms with van der Waals surface area (Å²) >= 11 is 1.38. The zero-order chi connectivity index (χ0) is 18.4. The van der Waals surface area contributed by atoms with Crippen molar-refractivity contribution in [2.75, 3.05) is 0 Å². The molecule has 1 amide bonds. The van der Waals surface area contributed by atoms with Crippen molar-refractivity contribution >= 4 is 29.3 Å². The fraction of sp³-hybridized carbons (Fsp3) is 0.294. The van der Waals surface area contributed by atoms with Crippen LogP contribution in [0.2, 0.25) is 0 Å². The number of fused-ring (bicyclic) bond motifs is 1. The van der Waals surface area contributed by atoms with Gasteiger partial charge in [-0.15, -0.1) is 11.8 Å². The molecule has 0 bridgehead atoms. The first-order valence-electron chi connectivity index (χ1n) is 7.92. The Hall–Kier alpha value is -2.65. The number of esters is 1. The molecule has 0 radical (unpaired) electrons. The maximum atomic E-state index is 12.3. The second-order valence-electron chi connectivity index (χ2n) is 6.09. The predicted octanol–water partition coefficient (Wildman–Crippen LogP) is 2.11. The predicted molar refractivity (Wildman–Crippen MR) is 91.6 cm³/mol. The fourth-order valence-electron chi connectivity index (χ4n) is 2.77. The number of carbonyl (C=O) groups is 2. The van der Waals surface area contributed by atoms with Crippen LogP contribution in [-0.2, 0) is 25.7 Å². The Labute approximate surface area is 152 Å². The molecule has 2 fully saturated rings. The highest BCUT2D eigenvalue weighted by Gasteiger charge is 2.51. The number of benzene rings is 1.